The van der Waals surface area contributed by atoms with Crippen LogP contribution in [-0.4, -0.2) is 5.33 Å². The van der Waals surface area contributed by atoms with Crippen LogP contribution in [0.4, 0.5) is 4.39 Å². The minimum Gasteiger partial charge on any atom is -0.207 e. The Kier molecular flexibility index (Phi) is 4.24. The summed E-state index contributed by atoms with van der Waals surface area (Å²) in [7, 11) is 0. The van der Waals surface area contributed by atoms with Crippen LogP contribution < -0.4 is 0 Å². The second-order valence-electron chi connectivity index (χ2n) is 5.44. The van der Waals surface area contributed by atoms with Crippen LogP contribution in [0.5, 0.6) is 0 Å². The van der Waals surface area contributed by atoms with Crippen molar-refractivity contribution < 1.29 is 4.39 Å². The van der Waals surface area contributed by atoms with Gasteiger partial charge < -0.3 is 0 Å². The zero-order chi connectivity index (χ0) is 12.3. The SMILES string of the molecule is Cc1ccc(F)cc1CC1(CBr)CCCCC1. The molecule has 0 radical (unpaired) electrons. The van der Waals surface area contributed by atoms with Crippen molar-refractivity contribution in [3.05, 3.63) is 35.1 Å². The standard InChI is InChI=1S/C15H20BrF/c1-12-5-6-14(17)9-13(12)10-15(11-16)7-3-2-4-8-15/h5-6,9H,2-4,7-8,10-11H2,1H3. The summed E-state index contributed by atoms with van der Waals surface area (Å²) >= 11 is 3.67. The molecule has 1 aromatic carbocycles. The summed E-state index contributed by atoms with van der Waals surface area (Å²) in [5.74, 6) is -0.105. The van der Waals surface area contributed by atoms with Crippen LogP contribution in [0.2, 0.25) is 0 Å². The van der Waals surface area contributed by atoms with E-state index in [1.165, 1.54) is 43.2 Å². The molecular weight excluding hydrogens is 279 g/mol. The average Bonchev–Trinajstić information content (AvgIpc) is 2.35. The van der Waals surface area contributed by atoms with Gasteiger partial charge in [-0.2, -0.15) is 0 Å². The van der Waals surface area contributed by atoms with Crippen LogP contribution in [0.25, 0.3) is 0 Å². The molecule has 17 heavy (non-hydrogen) atoms. The lowest BCUT2D eigenvalue weighted by atomic mass is 9.71. The summed E-state index contributed by atoms with van der Waals surface area (Å²) in [6, 6.07) is 5.17. The van der Waals surface area contributed by atoms with Crippen LogP contribution >= 0.6 is 15.9 Å². The lowest BCUT2D eigenvalue weighted by Gasteiger charge is -2.36. The van der Waals surface area contributed by atoms with E-state index in [1.807, 2.05) is 6.07 Å². The average molecular weight is 299 g/mol. The van der Waals surface area contributed by atoms with E-state index in [1.54, 1.807) is 12.1 Å². The molecule has 2 heteroatoms. The smallest absolute Gasteiger partial charge is 0.123 e. The fourth-order valence-electron chi connectivity index (χ4n) is 2.89. The third kappa shape index (κ3) is 3.09. The highest BCUT2D eigenvalue weighted by Gasteiger charge is 2.31. The molecule has 1 aliphatic carbocycles. The third-order valence-corrected chi connectivity index (χ3v) is 5.26. The van der Waals surface area contributed by atoms with Crippen molar-refractivity contribution in [1.29, 1.82) is 0 Å². The van der Waals surface area contributed by atoms with Gasteiger partial charge in [-0.15, -0.1) is 0 Å². The fourth-order valence-corrected chi connectivity index (χ4v) is 3.65. The van der Waals surface area contributed by atoms with Gasteiger partial charge in [0.1, 0.15) is 5.82 Å². The monoisotopic (exact) mass is 298 g/mol. The maximum Gasteiger partial charge on any atom is 0.123 e. The van der Waals surface area contributed by atoms with Gasteiger partial charge in [0.15, 0.2) is 0 Å². The maximum atomic E-state index is 13.3. The lowest BCUT2D eigenvalue weighted by Crippen LogP contribution is -2.28. The van der Waals surface area contributed by atoms with E-state index in [2.05, 4.69) is 22.9 Å². The van der Waals surface area contributed by atoms with E-state index < -0.39 is 0 Å². The van der Waals surface area contributed by atoms with Gasteiger partial charge in [0.25, 0.3) is 0 Å². The molecule has 0 unspecified atom stereocenters. The minimum absolute atomic E-state index is 0.105. The van der Waals surface area contributed by atoms with Crippen molar-refractivity contribution in [3.63, 3.8) is 0 Å². The maximum absolute atomic E-state index is 13.3. The normalized spacial score (nSPS) is 19.2. The van der Waals surface area contributed by atoms with Crippen LogP contribution in [0.3, 0.4) is 0 Å². The van der Waals surface area contributed by atoms with E-state index in [-0.39, 0.29) is 5.82 Å². The molecule has 0 nitrogen and oxygen atoms in total. The number of alkyl halides is 1. The third-order valence-electron chi connectivity index (χ3n) is 4.07. The Balaban J connectivity index is 2.20. The molecule has 2 rings (SSSR count). The first-order valence-electron chi connectivity index (χ1n) is 6.46. The number of hydrogen-bond acceptors (Lipinski definition) is 0. The molecule has 0 amide bonds. The summed E-state index contributed by atoms with van der Waals surface area (Å²) in [4.78, 5) is 0. The first kappa shape index (κ1) is 13.1. The van der Waals surface area contributed by atoms with Crippen LogP contribution in [0.1, 0.15) is 43.2 Å². The zero-order valence-corrected chi connectivity index (χ0v) is 12.0. The molecular formula is C15H20BrF. The molecule has 0 bridgehead atoms. The van der Waals surface area contributed by atoms with Gasteiger partial charge in [0.2, 0.25) is 0 Å². The first-order valence-corrected chi connectivity index (χ1v) is 7.58. The van der Waals surface area contributed by atoms with Crippen LogP contribution in [-0.2, 0) is 6.42 Å². The molecule has 0 atom stereocenters. The number of hydrogen-bond donors (Lipinski definition) is 0. The van der Waals surface area contributed by atoms with Gasteiger partial charge in [-0.1, -0.05) is 41.3 Å². The second-order valence-corrected chi connectivity index (χ2v) is 6.00. The molecule has 1 aliphatic rings. The number of rotatable bonds is 3. The molecule has 0 heterocycles. The van der Waals surface area contributed by atoms with Gasteiger partial charge in [0, 0.05) is 5.33 Å². The second kappa shape index (κ2) is 5.51. The summed E-state index contributed by atoms with van der Waals surface area (Å²) in [5, 5.41) is 1.04. The van der Waals surface area contributed by atoms with Crippen molar-refractivity contribution in [1.82, 2.24) is 0 Å². The summed E-state index contributed by atoms with van der Waals surface area (Å²) < 4.78 is 13.3. The molecule has 0 saturated heterocycles. The molecule has 94 valence electrons. The Morgan fingerprint density at radius 3 is 2.59 bits per heavy atom. The van der Waals surface area contributed by atoms with Crippen molar-refractivity contribution in [3.8, 4) is 0 Å². The molecule has 1 fully saturated rings. The van der Waals surface area contributed by atoms with E-state index in [4.69, 9.17) is 0 Å². The predicted molar refractivity (Wildman–Crippen MR) is 74.2 cm³/mol. The van der Waals surface area contributed by atoms with E-state index >= 15 is 0 Å². The fraction of sp³-hybridized carbons (Fsp3) is 0.600. The Labute approximate surface area is 112 Å². The lowest BCUT2D eigenvalue weighted by molar-refractivity contribution is 0.223. The highest BCUT2D eigenvalue weighted by Crippen LogP contribution is 2.41. The van der Waals surface area contributed by atoms with Crippen molar-refractivity contribution in [2.45, 2.75) is 45.4 Å². The highest BCUT2D eigenvalue weighted by atomic mass is 79.9. The summed E-state index contributed by atoms with van der Waals surface area (Å²) in [5.41, 5.74) is 2.76. The zero-order valence-electron chi connectivity index (χ0n) is 10.4. The van der Waals surface area contributed by atoms with Gasteiger partial charge in [-0.25, -0.2) is 4.39 Å². The van der Waals surface area contributed by atoms with Gasteiger partial charge >= 0.3 is 0 Å². The van der Waals surface area contributed by atoms with Crippen molar-refractivity contribution in [2.75, 3.05) is 5.33 Å². The molecule has 0 aliphatic heterocycles. The Morgan fingerprint density at radius 2 is 1.94 bits per heavy atom. The Morgan fingerprint density at radius 1 is 1.24 bits per heavy atom. The van der Waals surface area contributed by atoms with Crippen molar-refractivity contribution >= 4 is 15.9 Å². The molecule has 0 aromatic heterocycles. The van der Waals surface area contributed by atoms with Gasteiger partial charge in [-0.05, 0) is 54.9 Å². The molecule has 0 N–H and O–H groups in total. The van der Waals surface area contributed by atoms with Gasteiger partial charge in [0.05, 0.1) is 0 Å². The van der Waals surface area contributed by atoms with Crippen molar-refractivity contribution in [2.24, 2.45) is 5.41 Å². The first-order chi connectivity index (χ1) is 8.15. The largest absolute Gasteiger partial charge is 0.207 e. The summed E-state index contributed by atoms with van der Waals surface area (Å²) in [6.07, 6.45) is 7.56. The topological polar surface area (TPSA) is 0 Å². The van der Waals surface area contributed by atoms with Crippen LogP contribution in [0, 0.1) is 18.2 Å². The Bertz CT molecular complexity index is 381. The Hall–Kier alpha value is -0.370. The minimum atomic E-state index is -0.105. The number of benzene rings is 1. The van der Waals surface area contributed by atoms with E-state index in [9.17, 15) is 4.39 Å². The van der Waals surface area contributed by atoms with Crippen LogP contribution in [0.15, 0.2) is 18.2 Å². The highest BCUT2D eigenvalue weighted by molar-refractivity contribution is 9.09. The van der Waals surface area contributed by atoms with E-state index in [0.29, 0.717) is 5.41 Å². The quantitative estimate of drug-likeness (QED) is 0.687. The predicted octanol–water partition coefficient (Wildman–Crippen LogP) is 5.02. The van der Waals surface area contributed by atoms with E-state index in [0.717, 1.165) is 11.8 Å². The molecule has 1 saturated carbocycles. The molecule has 0 spiro atoms. The molecule has 1 aromatic rings. The number of halogens is 2. The van der Waals surface area contributed by atoms with Gasteiger partial charge in [-0.3, -0.25) is 0 Å². The summed E-state index contributed by atoms with van der Waals surface area (Å²) in [6.45, 7) is 2.08. The number of aryl methyl sites for hydroxylation is 1.